The number of aliphatic hydroxyl groups is 1. The van der Waals surface area contributed by atoms with Crippen LogP contribution in [-0.4, -0.2) is 32.7 Å². The summed E-state index contributed by atoms with van der Waals surface area (Å²) in [5.74, 6) is 0.926. The van der Waals surface area contributed by atoms with Crippen LogP contribution in [-0.2, 0) is 6.61 Å². The fraction of sp³-hybridized carbons (Fsp3) is 0.333. The van der Waals surface area contributed by atoms with E-state index in [0.29, 0.717) is 6.04 Å². The number of nitrogens with zero attached hydrogens (tertiary/aromatic N) is 4. The van der Waals surface area contributed by atoms with Crippen LogP contribution in [0.2, 0.25) is 0 Å². The van der Waals surface area contributed by atoms with E-state index in [1.54, 1.807) is 0 Å². The molecule has 0 spiro atoms. The first kappa shape index (κ1) is 14.2. The largest absolute Gasteiger partial charge is 0.392 e. The summed E-state index contributed by atoms with van der Waals surface area (Å²) in [5, 5.41) is 10.8. The number of fused-ring (bicyclic) bond motifs is 1. The number of aromatic nitrogens is 3. The van der Waals surface area contributed by atoms with E-state index in [-0.39, 0.29) is 6.61 Å². The normalized spacial score (nSPS) is 16.1. The maximum Gasteiger partial charge on any atom is 0.134 e. The summed E-state index contributed by atoms with van der Waals surface area (Å²) in [7, 11) is 0. The highest BCUT2D eigenvalue weighted by atomic mass is 16.3. The number of rotatable bonds is 3. The van der Waals surface area contributed by atoms with Crippen LogP contribution >= 0.6 is 0 Å². The number of piperidine rings is 1. The Hall–Kier alpha value is -2.40. The lowest BCUT2D eigenvalue weighted by Gasteiger charge is -2.34. The van der Waals surface area contributed by atoms with Crippen molar-refractivity contribution < 1.29 is 5.11 Å². The number of hydrogen-bond donors (Lipinski definition) is 1. The number of pyridine rings is 1. The van der Waals surface area contributed by atoms with Gasteiger partial charge in [-0.1, -0.05) is 18.2 Å². The predicted molar refractivity (Wildman–Crippen MR) is 90.4 cm³/mol. The Morgan fingerprint density at radius 1 is 1.17 bits per heavy atom. The van der Waals surface area contributed by atoms with Gasteiger partial charge in [0.1, 0.15) is 5.82 Å². The van der Waals surface area contributed by atoms with Crippen molar-refractivity contribution >= 4 is 16.7 Å². The summed E-state index contributed by atoms with van der Waals surface area (Å²) < 4.78 is 2.19. The number of benzene rings is 1. The van der Waals surface area contributed by atoms with Crippen LogP contribution < -0.4 is 4.90 Å². The predicted octanol–water partition coefficient (Wildman–Crippen LogP) is 2.77. The molecular weight excluding hydrogens is 288 g/mol. The van der Waals surface area contributed by atoms with Crippen molar-refractivity contribution in [1.29, 1.82) is 0 Å². The molecule has 1 saturated heterocycles. The van der Waals surface area contributed by atoms with Crippen molar-refractivity contribution in [3.05, 3.63) is 54.6 Å². The van der Waals surface area contributed by atoms with Crippen LogP contribution in [0.25, 0.3) is 10.9 Å². The van der Waals surface area contributed by atoms with Gasteiger partial charge in [0.05, 0.1) is 18.5 Å². The van der Waals surface area contributed by atoms with Crippen LogP contribution in [0, 0.1) is 0 Å². The van der Waals surface area contributed by atoms with Gasteiger partial charge >= 0.3 is 0 Å². The van der Waals surface area contributed by atoms with Crippen LogP contribution in [0.5, 0.6) is 0 Å². The van der Waals surface area contributed by atoms with E-state index >= 15 is 0 Å². The Kier molecular flexibility index (Phi) is 3.71. The molecule has 0 bridgehead atoms. The fourth-order valence-corrected chi connectivity index (χ4v) is 3.40. The van der Waals surface area contributed by atoms with Gasteiger partial charge in [0.2, 0.25) is 0 Å². The van der Waals surface area contributed by atoms with Crippen LogP contribution in [0.4, 0.5) is 5.82 Å². The highest BCUT2D eigenvalue weighted by Crippen LogP contribution is 2.29. The first-order chi connectivity index (χ1) is 11.3. The average Bonchev–Trinajstić information content (AvgIpc) is 3.15. The molecule has 1 N–H and O–H groups in total. The molecule has 5 heteroatoms. The quantitative estimate of drug-likeness (QED) is 0.808. The number of aliphatic hydroxyl groups excluding tert-OH is 1. The summed E-state index contributed by atoms with van der Waals surface area (Å²) in [6.07, 6.45) is 7.90. The topological polar surface area (TPSA) is 54.2 Å². The Labute approximate surface area is 135 Å². The zero-order valence-electron chi connectivity index (χ0n) is 13.0. The lowest BCUT2D eigenvalue weighted by Crippen LogP contribution is -2.35. The molecule has 118 valence electrons. The molecule has 5 nitrogen and oxygen atoms in total. The molecule has 0 aliphatic carbocycles. The zero-order chi connectivity index (χ0) is 15.6. The third kappa shape index (κ3) is 2.68. The number of anilines is 1. The van der Waals surface area contributed by atoms with Gasteiger partial charge in [0.25, 0.3) is 0 Å². The smallest absolute Gasteiger partial charge is 0.134 e. The maximum atomic E-state index is 9.73. The Balaban J connectivity index is 1.60. The Bertz CT molecular complexity index is 792. The van der Waals surface area contributed by atoms with Crippen LogP contribution in [0.15, 0.2) is 49.1 Å². The van der Waals surface area contributed by atoms with Crippen LogP contribution in [0.1, 0.15) is 24.4 Å². The van der Waals surface area contributed by atoms with Gasteiger partial charge in [-0.15, -0.1) is 0 Å². The lowest BCUT2D eigenvalue weighted by atomic mass is 10.0. The Morgan fingerprint density at radius 2 is 2.00 bits per heavy atom. The molecule has 0 unspecified atom stereocenters. The minimum Gasteiger partial charge on any atom is -0.392 e. The molecule has 3 aromatic rings. The molecule has 0 atom stereocenters. The van der Waals surface area contributed by atoms with Crippen molar-refractivity contribution in [2.75, 3.05) is 18.0 Å². The van der Waals surface area contributed by atoms with Crippen molar-refractivity contribution in [2.45, 2.75) is 25.5 Å². The first-order valence-electron chi connectivity index (χ1n) is 8.07. The van der Waals surface area contributed by atoms with Crippen molar-refractivity contribution in [3.8, 4) is 0 Å². The number of hydrogen-bond acceptors (Lipinski definition) is 4. The molecule has 4 rings (SSSR count). The highest BCUT2D eigenvalue weighted by molar-refractivity contribution is 5.81. The molecule has 1 aliphatic heterocycles. The van der Waals surface area contributed by atoms with Gasteiger partial charge < -0.3 is 14.6 Å². The van der Waals surface area contributed by atoms with Gasteiger partial charge in [0.15, 0.2) is 0 Å². The molecule has 0 saturated carbocycles. The van der Waals surface area contributed by atoms with Gasteiger partial charge in [-0.2, -0.15) is 0 Å². The van der Waals surface area contributed by atoms with E-state index in [1.165, 1.54) is 0 Å². The Morgan fingerprint density at radius 3 is 2.74 bits per heavy atom. The van der Waals surface area contributed by atoms with Crippen molar-refractivity contribution in [3.63, 3.8) is 0 Å². The van der Waals surface area contributed by atoms with Crippen molar-refractivity contribution in [1.82, 2.24) is 14.5 Å². The van der Waals surface area contributed by atoms with E-state index in [2.05, 4.69) is 20.5 Å². The number of imidazole rings is 1. The minimum atomic E-state index is 0.0224. The molecule has 23 heavy (non-hydrogen) atoms. The third-order valence-corrected chi connectivity index (χ3v) is 4.66. The van der Waals surface area contributed by atoms with E-state index in [1.807, 2.05) is 43.0 Å². The van der Waals surface area contributed by atoms with Crippen molar-refractivity contribution in [2.24, 2.45) is 0 Å². The standard InChI is InChI=1S/C18H20N4O/c23-12-15-11-14-3-1-2-4-17(14)20-18(15)21-8-5-16(6-9-21)22-10-7-19-13-22/h1-4,7,10-11,13,16,23H,5-6,8-9,12H2. The second kappa shape index (κ2) is 6.01. The highest BCUT2D eigenvalue weighted by Gasteiger charge is 2.23. The van der Waals surface area contributed by atoms with Gasteiger partial charge in [-0.3, -0.25) is 0 Å². The van der Waals surface area contributed by atoms with Gasteiger partial charge in [-0.25, -0.2) is 9.97 Å². The zero-order valence-corrected chi connectivity index (χ0v) is 13.0. The van der Waals surface area contributed by atoms with E-state index in [0.717, 1.165) is 48.2 Å². The summed E-state index contributed by atoms with van der Waals surface area (Å²) in [6, 6.07) is 10.6. The molecule has 1 fully saturated rings. The van der Waals surface area contributed by atoms with E-state index < -0.39 is 0 Å². The molecule has 1 aromatic carbocycles. The van der Waals surface area contributed by atoms with Gasteiger partial charge in [-0.05, 0) is 25.0 Å². The second-order valence-electron chi connectivity index (χ2n) is 6.05. The first-order valence-corrected chi connectivity index (χ1v) is 8.07. The third-order valence-electron chi connectivity index (χ3n) is 4.66. The van der Waals surface area contributed by atoms with E-state index in [9.17, 15) is 5.11 Å². The molecule has 2 aromatic heterocycles. The van der Waals surface area contributed by atoms with Gasteiger partial charge in [0, 0.05) is 42.5 Å². The summed E-state index contributed by atoms with van der Waals surface area (Å²) >= 11 is 0. The molecular formula is C18H20N4O. The summed E-state index contributed by atoms with van der Waals surface area (Å²) in [5.41, 5.74) is 1.89. The molecule has 0 amide bonds. The minimum absolute atomic E-state index is 0.0224. The summed E-state index contributed by atoms with van der Waals surface area (Å²) in [4.78, 5) is 11.2. The lowest BCUT2D eigenvalue weighted by molar-refractivity contribution is 0.281. The second-order valence-corrected chi connectivity index (χ2v) is 6.05. The molecule has 1 aliphatic rings. The maximum absolute atomic E-state index is 9.73. The SMILES string of the molecule is OCc1cc2ccccc2nc1N1CCC(n2ccnc2)CC1. The monoisotopic (exact) mass is 308 g/mol. The van der Waals surface area contributed by atoms with E-state index in [4.69, 9.17) is 4.98 Å². The summed E-state index contributed by atoms with van der Waals surface area (Å²) in [6.45, 7) is 1.91. The molecule has 0 radical (unpaired) electrons. The average molecular weight is 308 g/mol. The van der Waals surface area contributed by atoms with Crippen LogP contribution in [0.3, 0.4) is 0 Å². The number of para-hydroxylation sites is 1. The molecule has 3 heterocycles. The fourth-order valence-electron chi connectivity index (χ4n) is 3.40.